The Morgan fingerprint density at radius 2 is 0.641 bits per heavy atom. The van der Waals surface area contributed by atoms with Crippen LogP contribution in [0.5, 0.6) is 0 Å². The predicted molar refractivity (Wildman–Crippen MR) is 490 cm³/mol. The number of thiazole rings is 1. The molecule has 0 saturated carbocycles. The van der Waals surface area contributed by atoms with Crippen LogP contribution in [0.3, 0.4) is 0 Å². The molecule has 55 heteroatoms. The Hall–Kier alpha value is 9.05. The lowest BCUT2D eigenvalue weighted by Crippen LogP contribution is -2.41. The molecule has 0 atom stereocenters. The van der Waals surface area contributed by atoms with Crippen LogP contribution < -0.4 is 5.46 Å². The number of rotatable bonds is 1. The summed E-state index contributed by atoms with van der Waals surface area (Å²) in [5.41, 5.74) is 1.46. The standard InChI is InChI=1S/C22H22BNO2S.CH4.S50/c1-13-24-19-16-11-10-14(23-25-21(2,3)22(4,5)26-23)12-18(16)15-8-6-7-9-17(15)20(19)27-13;;1-3-5-7-9-11-13-15-17-19-21-23-25-27-29-31-33-35-37-39-41-43-45-47-49-50-48-46-44-42-40-38-36-34-32-30-28-26-24-22-20-18-16-14-12-10-8-6-4-2/h6-12H,1-5H3;1H4;. The van der Waals surface area contributed by atoms with E-state index in [1.165, 1.54) is 44.0 Å². The van der Waals surface area contributed by atoms with Crippen LogP contribution in [-0.4, -0.2) is 23.3 Å². The maximum atomic E-state index is 6.27. The van der Waals surface area contributed by atoms with Gasteiger partial charge in [0.2, 0.25) is 0 Å². The van der Waals surface area contributed by atoms with Gasteiger partial charge in [-0.1, -0.05) is 49.9 Å². The van der Waals surface area contributed by atoms with Crippen LogP contribution in [0.25, 0.3) is 31.8 Å². The van der Waals surface area contributed by atoms with Crippen molar-refractivity contribution in [2.75, 3.05) is 0 Å². The van der Waals surface area contributed by atoms with E-state index in [2.05, 4.69) is 77.1 Å². The number of aryl methyl sites for hydroxylation is 1. The van der Waals surface area contributed by atoms with E-state index in [1.807, 2.05) is 302 Å². The molecule has 78 heavy (non-hydrogen) atoms. The molecule has 0 spiro atoms. The molecule has 1 saturated heterocycles. The lowest BCUT2D eigenvalue weighted by atomic mass is 9.78. The molecule has 1 aliphatic heterocycles. The normalized spacial score (nSPS) is 11.5. The van der Waals surface area contributed by atoms with Crippen molar-refractivity contribution in [3.8, 4) is 0 Å². The minimum Gasteiger partial charge on any atom is -0.399 e. The van der Waals surface area contributed by atoms with Crippen molar-refractivity contribution in [1.29, 1.82) is 0 Å². The summed E-state index contributed by atoms with van der Waals surface area (Å²) in [6.45, 7) is 10.4. The van der Waals surface area contributed by atoms with Crippen LogP contribution in [0.1, 0.15) is 40.1 Å². The van der Waals surface area contributed by atoms with E-state index in [1.54, 1.807) is 118 Å². The topological polar surface area (TPSA) is 31.4 Å². The number of benzene rings is 3. The average molecular weight is 1990 g/mol. The summed E-state index contributed by atoms with van der Waals surface area (Å²) in [7, 11) is 85.4. The minimum absolute atomic E-state index is 0. The summed E-state index contributed by atoms with van der Waals surface area (Å²) in [5, 5.41) is 6.00. The van der Waals surface area contributed by atoms with Crippen LogP contribution in [0.15, 0.2) is 42.5 Å². The molecule has 3 aromatic carbocycles. The van der Waals surface area contributed by atoms with Gasteiger partial charge < -0.3 is 9.31 Å². The molecule has 1 aromatic heterocycles. The zero-order valence-electron chi connectivity index (χ0n) is 36.7. The first-order valence-corrected chi connectivity index (χ1v) is 83.7. The maximum absolute atomic E-state index is 6.27. The Kier molecular flexibility index (Phi) is 56.6. The Bertz CT molecular complexity index is 5030. The molecule has 0 radical (unpaired) electrons. The van der Waals surface area contributed by atoms with Gasteiger partial charge in [-0.15, -0.1) is 11.3 Å². The van der Waals surface area contributed by atoms with Crippen molar-refractivity contribution in [1.82, 2.24) is 4.98 Å². The van der Waals surface area contributed by atoms with Crippen LogP contribution in [0.4, 0.5) is 0 Å². The van der Waals surface area contributed by atoms with Crippen molar-refractivity contribution in [3.63, 3.8) is 0 Å². The first kappa shape index (κ1) is 81.3. The molecule has 0 unspecified atom stereocenters. The van der Waals surface area contributed by atoms with Crippen molar-refractivity contribution < 1.29 is 9.31 Å². The first-order valence-electron chi connectivity index (χ1n) is 17.5. The third kappa shape index (κ3) is 37.2. The van der Waals surface area contributed by atoms with E-state index in [0.29, 0.717) is 0 Å². The summed E-state index contributed by atoms with van der Waals surface area (Å²) in [5.74, 6) is 0. The highest BCUT2D eigenvalue weighted by molar-refractivity contribution is 8.82. The second-order valence-corrected chi connectivity index (χ2v) is 97.7. The lowest BCUT2D eigenvalue weighted by molar-refractivity contribution is 0.00578. The summed E-state index contributed by atoms with van der Waals surface area (Å²) in [4.78, 5) is 4.82. The van der Waals surface area contributed by atoms with Gasteiger partial charge in [-0.05, 0) is 50.9 Å². The largest absolute Gasteiger partial charge is 0.494 e. The molecule has 0 N–H and O–H groups in total. The number of hydrogen-bond donors (Lipinski definition) is 0. The molecule has 444 valence electrons. The summed E-state index contributed by atoms with van der Waals surface area (Å²) in [6, 6.07) is 15.1. The van der Waals surface area contributed by atoms with Gasteiger partial charge in [-0.25, -0.2) is 4.98 Å². The van der Waals surface area contributed by atoms with E-state index in [0.717, 1.165) is 16.0 Å². The first-order chi connectivity index (χ1) is 37.7. The van der Waals surface area contributed by atoms with E-state index < -0.39 is 0 Å². The van der Waals surface area contributed by atoms with E-state index >= 15 is 0 Å². The molecule has 4 aromatic rings. The van der Waals surface area contributed by atoms with Crippen molar-refractivity contribution in [2.24, 2.45) is 0 Å². The van der Waals surface area contributed by atoms with Crippen LogP contribution in [0.2, 0.25) is 0 Å². The van der Waals surface area contributed by atoms with Gasteiger partial charge in [0.05, 0.1) is 26.4 Å². The summed E-state index contributed by atoms with van der Waals surface area (Å²) >= 11 is 11.4. The second-order valence-electron chi connectivity index (χ2n) is 11.6. The number of aromatic nitrogens is 1. The van der Waals surface area contributed by atoms with E-state index in [-0.39, 0.29) is 25.7 Å². The molecular formula is C23H26BNO2S51. The van der Waals surface area contributed by atoms with Gasteiger partial charge in [-0.2, -0.15) is 0 Å². The van der Waals surface area contributed by atoms with Gasteiger partial charge in [-0.3, -0.25) is 0 Å². The maximum Gasteiger partial charge on any atom is 0.494 e. The van der Waals surface area contributed by atoms with Crippen molar-refractivity contribution in [3.05, 3.63) is 47.5 Å². The van der Waals surface area contributed by atoms with Gasteiger partial charge in [0.1, 0.15) is 0 Å². The van der Waals surface area contributed by atoms with Crippen molar-refractivity contribution in [2.45, 2.75) is 53.2 Å². The van der Waals surface area contributed by atoms with E-state index in [4.69, 9.17) is 36.7 Å². The SMILES string of the molecule is C.Cc1nc2c3ccc(B4OC(C)(C)C(C)(C)O4)cc3c3ccccc3c2s1.S=S=S=S=S=S=S=S=S=S=S=S=S=S=S=S=S=S=S=S=S=S=S=S=S=S=S=S=S=S=S=S=S=S=S=S=S=S=S=S=S=S=S=S=S=S=S=S=S=S. The number of fused-ring (bicyclic) bond motifs is 6. The highest BCUT2D eigenvalue weighted by atomic mass is 33.5. The van der Waals surface area contributed by atoms with Gasteiger partial charge in [0, 0.05) is 459 Å². The zero-order valence-corrected chi connectivity index (χ0v) is 78.3. The number of hydrogen-bond acceptors (Lipinski definition) is 6. The number of nitrogens with zero attached hydrogens (tertiary/aromatic N) is 1. The fraction of sp³-hybridized carbons (Fsp3) is 0.348. The summed E-state index contributed by atoms with van der Waals surface area (Å²) < 4.78 is 13.8. The zero-order chi connectivity index (χ0) is 54.9. The monoisotopic (exact) mass is 1990 g/mol. The van der Waals surface area contributed by atoms with Crippen LogP contribution in [-0.2, 0) is 458 Å². The third-order valence-electron chi connectivity index (χ3n) is 7.33. The highest BCUT2D eigenvalue weighted by Gasteiger charge is 2.51. The van der Waals surface area contributed by atoms with Crippen LogP contribution >= 0.6 is 11.3 Å². The average Bonchev–Trinajstić information content (AvgIpc) is 4.06. The second kappa shape index (κ2) is 54.3. The van der Waals surface area contributed by atoms with E-state index in [9.17, 15) is 0 Å². The van der Waals surface area contributed by atoms with Gasteiger partial charge in [0.25, 0.3) is 0 Å². The fourth-order valence-corrected chi connectivity index (χ4v) is 132. The molecular weight excluding hydrogens is 1970 g/mol. The molecule has 5 rings (SSSR count). The molecule has 0 aliphatic carbocycles. The van der Waals surface area contributed by atoms with Crippen molar-refractivity contribution >= 4 is 504 Å². The quantitative estimate of drug-likeness (QED) is 0.180. The molecule has 3 nitrogen and oxygen atoms in total. The van der Waals surface area contributed by atoms with Crippen LogP contribution in [0, 0.1) is 6.92 Å². The molecule has 1 fully saturated rings. The molecule has 2 heterocycles. The Balaban J connectivity index is 0.000000472. The predicted octanol–water partition coefficient (Wildman–Crippen LogP) is 5.73. The molecule has 1 aliphatic rings. The van der Waals surface area contributed by atoms with Gasteiger partial charge >= 0.3 is 7.12 Å². The Morgan fingerprint density at radius 3 is 0.923 bits per heavy atom. The molecule has 0 amide bonds. The fourth-order valence-electron chi connectivity index (χ4n) is 4.35. The summed E-state index contributed by atoms with van der Waals surface area (Å²) in [6.07, 6.45) is 0. The third-order valence-corrected chi connectivity index (χ3v) is 113. The lowest BCUT2D eigenvalue weighted by Gasteiger charge is -2.32. The minimum atomic E-state index is -0.356. The smallest absolute Gasteiger partial charge is 0.399 e. The Labute approximate surface area is 604 Å². The molecule has 0 bridgehead atoms. The highest BCUT2D eigenvalue weighted by Crippen LogP contribution is 2.39. The Morgan fingerprint density at radius 1 is 0.372 bits per heavy atom. The van der Waals surface area contributed by atoms with Gasteiger partial charge in [0.15, 0.2) is 0 Å².